The lowest BCUT2D eigenvalue weighted by Crippen LogP contribution is -2.50. The van der Waals surface area contributed by atoms with Crippen LogP contribution in [0.4, 0.5) is 0 Å². The molecule has 0 aromatic carbocycles. The summed E-state index contributed by atoms with van der Waals surface area (Å²) in [6, 6.07) is 0.475. The third kappa shape index (κ3) is 8.11. The largest absolute Gasteiger partial charge is 0.359 e. The second-order valence-corrected chi connectivity index (χ2v) is 7.69. The van der Waals surface area contributed by atoms with Crippen molar-refractivity contribution in [2.45, 2.75) is 39.2 Å². The molecule has 0 radical (unpaired) electrons. The van der Waals surface area contributed by atoms with E-state index in [0.29, 0.717) is 18.4 Å². The van der Waals surface area contributed by atoms with Gasteiger partial charge in [0.15, 0.2) is 5.96 Å². The van der Waals surface area contributed by atoms with Crippen LogP contribution in [-0.2, 0) is 4.79 Å². The van der Waals surface area contributed by atoms with Crippen molar-refractivity contribution in [1.29, 1.82) is 0 Å². The molecule has 0 aromatic rings. The SMILES string of the molecule is CCNC(=NCC(C)N1CCN(C)CC1)N1CCC(CC(=O)NC)CC1.I. The van der Waals surface area contributed by atoms with Crippen LogP contribution in [0.2, 0.25) is 0 Å². The Kier molecular flexibility index (Phi) is 11.6. The molecule has 2 heterocycles. The van der Waals surface area contributed by atoms with Gasteiger partial charge >= 0.3 is 0 Å². The molecule has 1 atom stereocenters. The number of halogens is 1. The molecule has 27 heavy (non-hydrogen) atoms. The van der Waals surface area contributed by atoms with Gasteiger partial charge in [0.1, 0.15) is 0 Å². The standard InChI is InChI=1S/C19H38N6O.HI/c1-5-21-19(22-15-16(2)24-12-10-23(4)11-13-24)25-8-6-17(7-9-25)14-18(26)20-3;/h16-17H,5-15H2,1-4H3,(H,20,26)(H,21,22);1H. The summed E-state index contributed by atoms with van der Waals surface area (Å²) in [4.78, 5) is 23.8. The first-order chi connectivity index (χ1) is 12.5. The van der Waals surface area contributed by atoms with Gasteiger partial charge in [-0.1, -0.05) is 0 Å². The fraction of sp³-hybridized carbons (Fsp3) is 0.895. The van der Waals surface area contributed by atoms with Crippen LogP contribution >= 0.6 is 24.0 Å². The Labute approximate surface area is 182 Å². The van der Waals surface area contributed by atoms with Crippen molar-refractivity contribution in [1.82, 2.24) is 25.3 Å². The molecule has 2 N–H and O–H groups in total. The molecule has 2 rings (SSSR count). The highest BCUT2D eigenvalue weighted by molar-refractivity contribution is 14.0. The molecular formula is C19H39IN6O. The molecule has 158 valence electrons. The number of amides is 1. The maximum Gasteiger partial charge on any atom is 0.220 e. The minimum atomic E-state index is 0. The van der Waals surface area contributed by atoms with Crippen LogP contribution in [-0.4, -0.2) is 99.1 Å². The molecule has 0 saturated carbocycles. The van der Waals surface area contributed by atoms with E-state index >= 15 is 0 Å². The van der Waals surface area contributed by atoms with Gasteiger partial charge < -0.3 is 20.4 Å². The highest BCUT2D eigenvalue weighted by Gasteiger charge is 2.24. The summed E-state index contributed by atoms with van der Waals surface area (Å²) in [7, 11) is 3.91. The quantitative estimate of drug-likeness (QED) is 0.329. The first-order valence-corrected chi connectivity index (χ1v) is 10.2. The lowest BCUT2D eigenvalue weighted by Gasteiger charge is -2.37. The number of hydrogen-bond donors (Lipinski definition) is 2. The van der Waals surface area contributed by atoms with Crippen LogP contribution in [0.5, 0.6) is 0 Å². The monoisotopic (exact) mass is 494 g/mol. The molecule has 2 aliphatic rings. The summed E-state index contributed by atoms with van der Waals surface area (Å²) in [5, 5.41) is 6.19. The Bertz CT molecular complexity index is 459. The number of carbonyl (C=O) groups excluding carboxylic acids is 1. The van der Waals surface area contributed by atoms with Crippen LogP contribution < -0.4 is 10.6 Å². The van der Waals surface area contributed by atoms with Gasteiger partial charge in [-0.15, -0.1) is 24.0 Å². The summed E-state index contributed by atoms with van der Waals surface area (Å²) in [6.45, 7) is 12.7. The molecule has 0 aromatic heterocycles. The lowest BCUT2D eigenvalue weighted by molar-refractivity contribution is -0.121. The fourth-order valence-corrected chi connectivity index (χ4v) is 3.74. The van der Waals surface area contributed by atoms with E-state index in [2.05, 4.69) is 46.2 Å². The van der Waals surface area contributed by atoms with Gasteiger partial charge in [-0.25, -0.2) is 0 Å². The number of guanidine groups is 1. The number of piperazine rings is 1. The van der Waals surface area contributed by atoms with E-state index in [4.69, 9.17) is 4.99 Å². The van der Waals surface area contributed by atoms with Crippen LogP contribution in [0.3, 0.4) is 0 Å². The number of rotatable bonds is 6. The van der Waals surface area contributed by atoms with E-state index in [1.807, 2.05) is 0 Å². The van der Waals surface area contributed by atoms with Gasteiger partial charge in [0.05, 0.1) is 6.54 Å². The summed E-state index contributed by atoms with van der Waals surface area (Å²) >= 11 is 0. The maximum atomic E-state index is 11.6. The molecule has 0 spiro atoms. The number of nitrogens with one attached hydrogen (secondary N) is 2. The maximum absolute atomic E-state index is 11.6. The van der Waals surface area contributed by atoms with E-state index in [1.165, 1.54) is 0 Å². The van der Waals surface area contributed by atoms with Gasteiger partial charge in [-0.3, -0.25) is 14.7 Å². The highest BCUT2D eigenvalue weighted by atomic mass is 127. The number of nitrogens with zero attached hydrogens (tertiary/aromatic N) is 4. The van der Waals surface area contributed by atoms with Gasteiger partial charge in [0, 0.05) is 65.3 Å². The minimum absolute atomic E-state index is 0. The Morgan fingerprint density at radius 2 is 1.78 bits per heavy atom. The normalized spacial score (nSPS) is 21.5. The van der Waals surface area contributed by atoms with Crippen molar-refractivity contribution in [3.63, 3.8) is 0 Å². The molecule has 1 amide bonds. The second kappa shape index (κ2) is 12.8. The Balaban J connectivity index is 0.00000364. The van der Waals surface area contributed by atoms with Crippen LogP contribution in [0.25, 0.3) is 0 Å². The predicted octanol–water partition coefficient (Wildman–Crippen LogP) is 1.05. The van der Waals surface area contributed by atoms with E-state index in [0.717, 1.165) is 71.2 Å². The van der Waals surface area contributed by atoms with Crippen molar-refractivity contribution in [2.75, 3.05) is 66.5 Å². The van der Waals surface area contributed by atoms with E-state index < -0.39 is 0 Å². The number of piperidine rings is 1. The van der Waals surface area contributed by atoms with Crippen molar-refractivity contribution in [3.05, 3.63) is 0 Å². The van der Waals surface area contributed by atoms with Gasteiger partial charge in [0.2, 0.25) is 5.91 Å². The molecule has 0 bridgehead atoms. The van der Waals surface area contributed by atoms with Crippen molar-refractivity contribution in [2.24, 2.45) is 10.9 Å². The third-order valence-corrected chi connectivity index (χ3v) is 5.67. The Morgan fingerprint density at radius 1 is 1.15 bits per heavy atom. The van der Waals surface area contributed by atoms with Crippen molar-refractivity contribution in [3.8, 4) is 0 Å². The number of hydrogen-bond acceptors (Lipinski definition) is 4. The molecule has 2 fully saturated rings. The first-order valence-electron chi connectivity index (χ1n) is 10.2. The first kappa shape index (κ1) is 24.4. The second-order valence-electron chi connectivity index (χ2n) is 7.69. The topological polar surface area (TPSA) is 63.2 Å². The summed E-state index contributed by atoms with van der Waals surface area (Å²) in [5.41, 5.74) is 0. The summed E-state index contributed by atoms with van der Waals surface area (Å²) in [5.74, 6) is 1.69. The van der Waals surface area contributed by atoms with E-state index in [1.54, 1.807) is 7.05 Å². The zero-order valence-corrected chi connectivity index (χ0v) is 19.9. The fourth-order valence-electron chi connectivity index (χ4n) is 3.74. The van der Waals surface area contributed by atoms with Crippen molar-refractivity contribution >= 4 is 35.8 Å². The van der Waals surface area contributed by atoms with Crippen LogP contribution in [0.1, 0.15) is 33.1 Å². The van der Waals surface area contributed by atoms with Gasteiger partial charge in [0.25, 0.3) is 0 Å². The van der Waals surface area contributed by atoms with E-state index in [9.17, 15) is 4.79 Å². The predicted molar refractivity (Wildman–Crippen MR) is 123 cm³/mol. The molecule has 1 unspecified atom stereocenters. The van der Waals surface area contributed by atoms with Gasteiger partial charge in [-0.2, -0.15) is 0 Å². The summed E-state index contributed by atoms with van der Waals surface area (Å²) in [6.07, 6.45) is 2.77. The number of aliphatic imine (C=N–C) groups is 1. The Hall–Kier alpha value is -0.610. The molecule has 0 aliphatic carbocycles. The number of carbonyl (C=O) groups is 1. The molecular weight excluding hydrogens is 455 g/mol. The highest BCUT2D eigenvalue weighted by Crippen LogP contribution is 2.20. The Morgan fingerprint density at radius 3 is 2.33 bits per heavy atom. The molecule has 7 nitrogen and oxygen atoms in total. The number of likely N-dealkylation sites (N-methyl/N-ethyl adjacent to an activating group) is 1. The van der Waals surface area contributed by atoms with Crippen LogP contribution in [0.15, 0.2) is 4.99 Å². The lowest BCUT2D eigenvalue weighted by atomic mass is 9.93. The van der Waals surface area contributed by atoms with E-state index in [-0.39, 0.29) is 29.9 Å². The molecule has 8 heteroatoms. The number of likely N-dealkylation sites (tertiary alicyclic amines) is 1. The summed E-state index contributed by atoms with van der Waals surface area (Å²) < 4.78 is 0. The zero-order valence-electron chi connectivity index (χ0n) is 17.5. The van der Waals surface area contributed by atoms with Crippen LogP contribution in [0, 0.1) is 5.92 Å². The molecule has 2 aliphatic heterocycles. The molecule has 2 saturated heterocycles. The van der Waals surface area contributed by atoms with Crippen molar-refractivity contribution < 1.29 is 4.79 Å². The average molecular weight is 494 g/mol. The average Bonchev–Trinajstić information content (AvgIpc) is 2.66. The smallest absolute Gasteiger partial charge is 0.220 e. The third-order valence-electron chi connectivity index (χ3n) is 5.67. The zero-order chi connectivity index (χ0) is 18.9. The van der Waals surface area contributed by atoms with Gasteiger partial charge in [-0.05, 0) is 39.7 Å². The minimum Gasteiger partial charge on any atom is -0.359 e.